The van der Waals surface area contributed by atoms with Crippen LogP contribution < -0.4 is 10.5 Å². The Labute approximate surface area is 102 Å². The highest BCUT2D eigenvalue weighted by Crippen LogP contribution is 2.12. The largest absolute Gasteiger partial charge is 0.497 e. The SMILES string of the molecule is CC[C@@H](N)C(=O)N(C)Cc1ccc(OC)cc1. The molecule has 1 aromatic carbocycles. The van der Waals surface area contributed by atoms with Crippen LogP contribution >= 0.6 is 0 Å². The standard InChI is InChI=1S/C13H20N2O2/c1-4-12(14)13(16)15(2)9-10-5-7-11(17-3)8-6-10/h5-8,12H,4,9,14H2,1-3H3/t12-/m1/s1. The average molecular weight is 236 g/mol. The van der Waals surface area contributed by atoms with Crippen molar-refractivity contribution in [2.24, 2.45) is 5.73 Å². The van der Waals surface area contributed by atoms with Crippen molar-refractivity contribution in [3.05, 3.63) is 29.8 Å². The Hall–Kier alpha value is -1.55. The zero-order valence-corrected chi connectivity index (χ0v) is 10.6. The van der Waals surface area contributed by atoms with Crippen molar-refractivity contribution in [1.82, 2.24) is 4.90 Å². The molecule has 2 N–H and O–H groups in total. The highest BCUT2D eigenvalue weighted by molar-refractivity contribution is 5.81. The highest BCUT2D eigenvalue weighted by Gasteiger charge is 2.15. The number of hydrogen-bond acceptors (Lipinski definition) is 3. The molecule has 0 heterocycles. The fraction of sp³-hybridized carbons (Fsp3) is 0.462. The molecule has 1 rings (SSSR count). The van der Waals surface area contributed by atoms with Gasteiger partial charge in [0.15, 0.2) is 0 Å². The van der Waals surface area contributed by atoms with Crippen LogP contribution in [0.15, 0.2) is 24.3 Å². The van der Waals surface area contributed by atoms with Gasteiger partial charge in [0.2, 0.25) is 5.91 Å². The van der Waals surface area contributed by atoms with E-state index in [0.29, 0.717) is 13.0 Å². The predicted molar refractivity (Wildman–Crippen MR) is 67.7 cm³/mol. The minimum absolute atomic E-state index is 0.0247. The van der Waals surface area contributed by atoms with E-state index in [1.165, 1.54) is 0 Å². The summed E-state index contributed by atoms with van der Waals surface area (Å²) in [6.45, 7) is 2.47. The van der Waals surface area contributed by atoms with E-state index in [0.717, 1.165) is 11.3 Å². The van der Waals surface area contributed by atoms with Gasteiger partial charge in [-0.2, -0.15) is 0 Å². The number of likely N-dealkylation sites (N-methyl/N-ethyl adjacent to an activating group) is 1. The van der Waals surface area contributed by atoms with Crippen LogP contribution in [0, 0.1) is 0 Å². The van der Waals surface area contributed by atoms with E-state index >= 15 is 0 Å². The molecule has 4 heteroatoms. The van der Waals surface area contributed by atoms with E-state index < -0.39 is 6.04 Å². The lowest BCUT2D eigenvalue weighted by Crippen LogP contribution is -2.40. The maximum Gasteiger partial charge on any atom is 0.239 e. The van der Waals surface area contributed by atoms with E-state index in [2.05, 4.69) is 0 Å². The second-order valence-electron chi connectivity index (χ2n) is 4.06. The molecule has 0 saturated heterocycles. The smallest absolute Gasteiger partial charge is 0.239 e. The van der Waals surface area contributed by atoms with Gasteiger partial charge in [0, 0.05) is 13.6 Å². The molecule has 94 valence electrons. The summed E-state index contributed by atoms with van der Waals surface area (Å²) in [5.74, 6) is 0.788. The van der Waals surface area contributed by atoms with Crippen molar-refractivity contribution in [2.75, 3.05) is 14.2 Å². The first-order valence-corrected chi connectivity index (χ1v) is 5.72. The van der Waals surface area contributed by atoms with E-state index in [-0.39, 0.29) is 5.91 Å². The fourth-order valence-electron chi connectivity index (χ4n) is 1.54. The van der Waals surface area contributed by atoms with Gasteiger partial charge < -0.3 is 15.4 Å². The number of hydrogen-bond donors (Lipinski definition) is 1. The van der Waals surface area contributed by atoms with Gasteiger partial charge in [0.1, 0.15) is 5.75 Å². The lowest BCUT2D eigenvalue weighted by Gasteiger charge is -2.20. The molecular formula is C13H20N2O2. The summed E-state index contributed by atoms with van der Waals surface area (Å²) in [5.41, 5.74) is 6.77. The number of carbonyl (C=O) groups is 1. The van der Waals surface area contributed by atoms with Crippen molar-refractivity contribution in [2.45, 2.75) is 25.9 Å². The minimum atomic E-state index is -0.404. The van der Waals surface area contributed by atoms with E-state index in [1.54, 1.807) is 19.1 Å². The van der Waals surface area contributed by atoms with Gasteiger partial charge in [0.25, 0.3) is 0 Å². The molecule has 1 amide bonds. The monoisotopic (exact) mass is 236 g/mol. The molecule has 0 aliphatic carbocycles. The Morgan fingerprint density at radius 3 is 2.47 bits per heavy atom. The highest BCUT2D eigenvalue weighted by atomic mass is 16.5. The van der Waals surface area contributed by atoms with Gasteiger partial charge in [-0.15, -0.1) is 0 Å². The Morgan fingerprint density at radius 1 is 1.41 bits per heavy atom. The number of nitrogens with zero attached hydrogens (tertiary/aromatic N) is 1. The second-order valence-corrected chi connectivity index (χ2v) is 4.06. The first-order valence-electron chi connectivity index (χ1n) is 5.72. The molecule has 17 heavy (non-hydrogen) atoms. The van der Waals surface area contributed by atoms with Crippen LogP contribution in [-0.2, 0) is 11.3 Å². The molecule has 0 aliphatic rings. The van der Waals surface area contributed by atoms with Crippen molar-refractivity contribution in [3.63, 3.8) is 0 Å². The Balaban J connectivity index is 2.61. The maximum atomic E-state index is 11.8. The van der Waals surface area contributed by atoms with Gasteiger partial charge in [-0.1, -0.05) is 19.1 Å². The van der Waals surface area contributed by atoms with Crippen LogP contribution in [0.3, 0.4) is 0 Å². The molecule has 0 fully saturated rings. The third kappa shape index (κ3) is 3.75. The molecule has 0 radical (unpaired) electrons. The van der Waals surface area contributed by atoms with Gasteiger partial charge in [-0.05, 0) is 24.1 Å². The normalized spacial score (nSPS) is 12.0. The van der Waals surface area contributed by atoms with Crippen molar-refractivity contribution in [3.8, 4) is 5.75 Å². The molecule has 1 atom stereocenters. The average Bonchev–Trinajstić information content (AvgIpc) is 2.37. The third-order valence-electron chi connectivity index (χ3n) is 2.71. The Morgan fingerprint density at radius 2 is 2.00 bits per heavy atom. The van der Waals surface area contributed by atoms with E-state index in [1.807, 2.05) is 31.2 Å². The zero-order chi connectivity index (χ0) is 12.8. The number of carbonyl (C=O) groups excluding carboxylic acids is 1. The maximum absolute atomic E-state index is 11.8. The lowest BCUT2D eigenvalue weighted by atomic mass is 10.1. The van der Waals surface area contributed by atoms with Gasteiger partial charge >= 0.3 is 0 Å². The van der Waals surface area contributed by atoms with Crippen LogP contribution in [0.5, 0.6) is 5.75 Å². The Kier molecular flexibility index (Phi) is 4.97. The van der Waals surface area contributed by atoms with Crippen LogP contribution in [0.4, 0.5) is 0 Å². The zero-order valence-electron chi connectivity index (χ0n) is 10.6. The molecule has 0 saturated carbocycles. The quantitative estimate of drug-likeness (QED) is 0.840. The Bertz CT molecular complexity index is 362. The summed E-state index contributed by atoms with van der Waals surface area (Å²) in [7, 11) is 3.40. The number of ether oxygens (including phenoxy) is 1. The summed E-state index contributed by atoms with van der Waals surface area (Å²) in [6, 6.07) is 7.25. The van der Waals surface area contributed by atoms with Crippen molar-refractivity contribution < 1.29 is 9.53 Å². The summed E-state index contributed by atoms with van der Waals surface area (Å²) in [6.07, 6.45) is 0.659. The van der Waals surface area contributed by atoms with Crippen molar-refractivity contribution >= 4 is 5.91 Å². The summed E-state index contributed by atoms with van der Waals surface area (Å²) >= 11 is 0. The summed E-state index contributed by atoms with van der Waals surface area (Å²) < 4.78 is 5.08. The fourth-order valence-corrected chi connectivity index (χ4v) is 1.54. The van der Waals surface area contributed by atoms with Gasteiger partial charge in [0.05, 0.1) is 13.2 Å². The number of rotatable bonds is 5. The topological polar surface area (TPSA) is 55.6 Å². The minimum Gasteiger partial charge on any atom is -0.497 e. The molecule has 0 unspecified atom stereocenters. The molecule has 4 nitrogen and oxygen atoms in total. The summed E-state index contributed by atoms with van der Waals surface area (Å²) in [5, 5.41) is 0. The second kappa shape index (κ2) is 6.25. The number of methoxy groups -OCH3 is 1. The van der Waals surface area contributed by atoms with Crippen LogP contribution in [0.1, 0.15) is 18.9 Å². The molecule has 0 aromatic heterocycles. The number of amides is 1. The lowest BCUT2D eigenvalue weighted by molar-refractivity contribution is -0.131. The first kappa shape index (κ1) is 13.5. The van der Waals surface area contributed by atoms with Gasteiger partial charge in [-0.3, -0.25) is 4.79 Å². The molecule has 0 aliphatic heterocycles. The molecule has 1 aromatic rings. The van der Waals surface area contributed by atoms with E-state index in [4.69, 9.17) is 10.5 Å². The molecule has 0 bridgehead atoms. The van der Waals surface area contributed by atoms with E-state index in [9.17, 15) is 4.79 Å². The molecular weight excluding hydrogens is 216 g/mol. The predicted octanol–water partition coefficient (Wildman–Crippen LogP) is 1.39. The number of benzene rings is 1. The van der Waals surface area contributed by atoms with Crippen LogP contribution in [-0.4, -0.2) is 31.0 Å². The molecule has 0 spiro atoms. The van der Waals surface area contributed by atoms with Gasteiger partial charge in [-0.25, -0.2) is 0 Å². The van der Waals surface area contributed by atoms with Crippen LogP contribution in [0.25, 0.3) is 0 Å². The number of nitrogens with two attached hydrogens (primary N) is 1. The van der Waals surface area contributed by atoms with Crippen molar-refractivity contribution in [1.29, 1.82) is 0 Å². The first-order chi connectivity index (χ1) is 8.08. The van der Waals surface area contributed by atoms with Crippen LogP contribution in [0.2, 0.25) is 0 Å². The summed E-state index contributed by atoms with van der Waals surface area (Å²) in [4.78, 5) is 13.4. The third-order valence-corrected chi connectivity index (χ3v) is 2.71.